The fourth-order valence-corrected chi connectivity index (χ4v) is 1.48. The molecule has 1 rings (SSSR count). The Balaban J connectivity index is 2.65. The fourth-order valence-electron chi connectivity index (χ4n) is 1.48. The molecule has 0 aromatic heterocycles. The number of ether oxygens (including phenoxy) is 2. The minimum absolute atomic E-state index is 0.167. The molecule has 0 aliphatic heterocycles. The summed E-state index contributed by atoms with van der Waals surface area (Å²) in [4.78, 5) is 0. The van der Waals surface area contributed by atoms with Gasteiger partial charge in [-0.15, -0.1) is 0 Å². The van der Waals surface area contributed by atoms with Crippen molar-refractivity contribution in [2.24, 2.45) is 0 Å². The molecular weight excluding hydrogens is 216 g/mol. The first-order valence-corrected chi connectivity index (χ1v) is 5.51. The summed E-state index contributed by atoms with van der Waals surface area (Å²) in [5, 5.41) is 12.1. The predicted molar refractivity (Wildman–Crippen MR) is 65.9 cm³/mol. The first kappa shape index (κ1) is 13.5. The maximum Gasteiger partial charge on any atom is 0.123 e. The highest BCUT2D eigenvalue weighted by atomic mass is 16.5. The molecule has 0 aliphatic carbocycles. The van der Waals surface area contributed by atoms with Gasteiger partial charge in [-0.05, 0) is 25.1 Å². The van der Waals surface area contributed by atoms with Crippen LogP contribution >= 0.6 is 0 Å². The average molecular weight is 234 g/mol. The van der Waals surface area contributed by atoms with E-state index in [0.717, 1.165) is 17.9 Å². The zero-order valence-corrected chi connectivity index (χ0v) is 10.5. The molecule has 0 amide bonds. The summed E-state index contributed by atoms with van der Waals surface area (Å²) >= 11 is 0. The van der Waals surface area contributed by atoms with E-state index >= 15 is 0 Å². The molecule has 0 spiro atoms. The molecule has 92 valence electrons. The summed E-state index contributed by atoms with van der Waals surface area (Å²) in [5.74, 6) is 0.793. The maximum absolute atomic E-state index is 8.85. The third-order valence-corrected chi connectivity index (χ3v) is 2.56. The van der Waals surface area contributed by atoms with Gasteiger partial charge in [0.1, 0.15) is 5.75 Å². The highest BCUT2D eigenvalue weighted by Gasteiger charge is 2.05. The number of hydrogen-bond acceptors (Lipinski definition) is 4. The first-order valence-electron chi connectivity index (χ1n) is 5.51. The van der Waals surface area contributed by atoms with E-state index in [1.807, 2.05) is 19.1 Å². The van der Waals surface area contributed by atoms with Crippen molar-refractivity contribution in [3.8, 4) is 11.8 Å². The van der Waals surface area contributed by atoms with Crippen molar-refractivity contribution in [1.29, 1.82) is 5.26 Å². The molecule has 0 bridgehead atoms. The van der Waals surface area contributed by atoms with Gasteiger partial charge < -0.3 is 14.8 Å². The van der Waals surface area contributed by atoms with Gasteiger partial charge in [0.15, 0.2) is 0 Å². The number of benzene rings is 1. The largest absolute Gasteiger partial charge is 0.496 e. The number of nitrogens with zero attached hydrogens (tertiary/aromatic N) is 1. The van der Waals surface area contributed by atoms with E-state index in [1.165, 1.54) is 0 Å². The summed E-state index contributed by atoms with van der Waals surface area (Å²) < 4.78 is 10.4. The molecule has 1 aromatic rings. The van der Waals surface area contributed by atoms with E-state index in [4.69, 9.17) is 14.7 Å². The lowest BCUT2D eigenvalue weighted by molar-refractivity contribution is 0.117. The van der Waals surface area contributed by atoms with Crippen molar-refractivity contribution >= 4 is 0 Å². The zero-order chi connectivity index (χ0) is 12.7. The van der Waals surface area contributed by atoms with Crippen LogP contribution in [0.2, 0.25) is 0 Å². The molecule has 1 unspecified atom stereocenters. The zero-order valence-electron chi connectivity index (χ0n) is 10.5. The molecule has 0 radical (unpaired) electrons. The van der Waals surface area contributed by atoms with Crippen LogP contribution < -0.4 is 10.1 Å². The lowest BCUT2D eigenvalue weighted by Gasteiger charge is -2.13. The molecule has 4 nitrogen and oxygen atoms in total. The van der Waals surface area contributed by atoms with Gasteiger partial charge in [-0.25, -0.2) is 0 Å². The number of hydrogen-bond donors (Lipinski definition) is 1. The molecule has 0 aliphatic rings. The van der Waals surface area contributed by atoms with Crippen LogP contribution in [0.15, 0.2) is 18.2 Å². The summed E-state index contributed by atoms with van der Waals surface area (Å²) in [7, 11) is 3.31. The lowest BCUT2D eigenvalue weighted by Crippen LogP contribution is -2.25. The minimum Gasteiger partial charge on any atom is -0.496 e. The van der Waals surface area contributed by atoms with Gasteiger partial charge in [0.05, 0.1) is 24.8 Å². The standard InChI is InChI=1S/C13H18N2O2/c1-10(16-2)8-15-9-12-6-11(7-14)4-5-13(12)17-3/h4-6,10,15H,8-9H2,1-3H3. The Morgan fingerprint density at radius 2 is 2.18 bits per heavy atom. The van der Waals surface area contributed by atoms with E-state index in [9.17, 15) is 0 Å². The smallest absolute Gasteiger partial charge is 0.123 e. The maximum atomic E-state index is 8.85. The normalized spacial score (nSPS) is 11.9. The number of nitriles is 1. The number of nitrogens with one attached hydrogen (secondary N) is 1. The van der Waals surface area contributed by atoms with Crippen molar-refractivity contribution < 1.29 is 9.47 Å². The van der Waals surface area contributed by atoms with Gasteiger partial charge in [-0.2, -0.15) is 5.26 Å². The Labute approximate surface area is 102 Å². The quantitative estimate of drug-likeness (QED) is 0.813. The van der Waals surface area contributed by atoms with Crippen molar-refractivity contribution in [1.82, 2.24) is 5.32 Å². The van der Waals surface area contributed by atoms with Crippen molar-refractivity contribution in [2.75, 3.05) is 20.8 Å². The molecule has 17 heavy (non-hydrogen) atoms. The van der Waals surface area contributed by atoms with Crippen LogP contribution in [0.3, 0.4) is 0 Å². The Kier molecular flexibility index (Phi) is 5.47. The summed E-state index contributed by atoms with van der Waals surface area (Å²) in [6.07, 6.45) is 0.167. The Bertz CT molecular complexity index is 399. The van der Waals surface area contributed by atoms with Crippen molar-refractivity contribution in [3.05, 3.63) is 29.3 Å². The van der Waals surface area contributed by atoms with Crippen LogP contribution in [0.4, 0.5) is 0 Å². The molecule has 0 saturated heterocycles. The van der Waals surface area contributed by atoms with Gasteiger partial charge >= 0.3 is 0 Å². The highest BCUT2D eigenvalue weighted by molar-refractivity contribution is 5.41. The summed E-state index contributed by atoms with van der Waals surface area (Å²) in [5.41, 5.74) is 1.62. The Morgan fingerprint density at radius 1 is 1.41 bits per heavy atom. The lowest BCUT2D eigenvalue weighted by atomic mass is 10.1. The SMILES string of the molecule is COc1ccc(C#N)cc1CNCC(C)OC. The van der Waals surface area contributed by atoms with Gasteiger partial charge in [-0.1, -0.05) is 0 Å². The minimum atomic E-state index is 0.167. The van der Waals surface area contributed by atoms with E-state index in [-0.39, 0.29) is 6.10 Å². The van der Waals surface area contributed by atoms with E-state index in [1.54, 1.807) is 20.3 Å². The summed E-state index contributed by atoms with van der Waals surface area (Å²) in [6, 6.07) is 7.52. The van der Waals surface area contributed by atoms with Crippen LogP contribution in [0.25, 0.3) is 0 Å². The van der Waals surface area contributed by atoms with Crippen LogP contribution in [0, 0.1) is 11.3 Å². The molecule has 0 fully saturated rings. The number of methoxy groups -OCH3 is 2. The number of rotatable bonds is 6. The van der Waals surface area contributed by atoms with Crippen molar-refractivity contribution in [3.63, 3.8) is 0 Å². The molecular formula is C13H18N2O2. The molecule has 1 aromatic carbocycles. The highest BCUT2D eigenvalue weighted by Crippen LogP contribution is 2.19. The Morgan fingerprint density at radius 3 is 2.76 bits per heavy atom. The average Bonchev–Trinajstić information content (AvgIpc) is 2.38. The van der Waals surface area contributed by atoms with Gasteiger partial charge in [0.2, 0.25) is 0 Å². The van der Waals surface area contributed by atoms with E-state index in [2.05, 4.69) is 11.4 Å². The van der Waals surface area contributed by atoms with Crippen LogP contribution in [0.5, 0.6) is 5.75 Å². The summed E-state index contributed by atoms with van der Waals surface area (Å²) in [6.45, 7) is 3.42. The van der Waals surface area contributed by atoms with Gasteiger partial charge in [0, 0.05) is 25.8 Å². The first-order chi connectivity index (χ1) is 8.21. The van der Waals surface area contributed by atoms with E-state index in [0.29, 0.717) is 12.1 Å². The molecule has 0 saturated carbocycles. The second kappa shape index (κ2) is 6.89. The molecule has 4 heteroatoms. The fraction of sp³-hybridized carbons (Fsp3) is 0.462. The van der Waals surface area contributed by atoms with Gasteiger partial charge in [0.25, 0.3) is 0 Å². The monoisotopic (exact) mass is 234 g/mol. The topological polar surface area (TPSA) is 54.3 Å². The van der Waals surface area contributed by atoms with Crippen LogP contribution in [-0.2, 0) is 11.3 Å². The molecule has 0 heterocycles. The third-order valence-electron chi connectivity index (χ3n) is 2.56. The van der Waals surface area contributed by atoms with Crippen LogP contribution in [0.1, 0.15) is 18.1 Å². The Hall–Kier alpha value is -1.57. The van der Waals surface area contributed by atoms with Gasteiger partial charge in [-0.3, -0.25) is 0 Å². The molecule has 1 N–H and O–H groups in total. The third kappa shape index (κ3) is 4.06. The second-order valence-corrected chi connectivity index (χ2v) is 3.82. The predicted octanol–water partition coefficient (Wildman–Crippen LogP) is 1.69. The molecule has 1 atom stereocenters. The van der Waals surface area contributed by atoms with Crippen molar-refractivity contribution in [2.45, 2.75) is 19.6 Å². The van der Waals surface area contributed by atoms with E-state index < -0.39 is 0 Å². The second-order valence-electron chi connectivity index (χ2n) is 3.82. The van der Waals surface area contributed by atoms with Crippen LogP contribution in [-0.4, -0.2) is 26.9 Å².